The second-order valence-electron chi connectivity index (χ2n) is 7.71. The normalized spacial score (nSPS) is 18.9. The molecule has 1 aliphatic rings. The molecule has 1 atom stereocenters. The van der Waals surface area contributed by atoms with Crippen molar-refractivity contribution in [3.8, 4) is 11.5 Å². The Morgan fingerprint density at radius 1 is 1.29 bits per heavy atom. The first kappa shape index (κ1) is 22.1. The number of halogens is 2. The van der Waals surface area contributed by atoms with Crippen LogP contribution in [0.3, 0.4) is 0 Å². The highest BCUT2D eigenvalue weighted by Crippen LogP contribution is 2.34. The Labute approximate surface area is 170 Å². The van der Waals surface area contributed by atoms with Crippen molar-refractivity contribution in [2.45, 2.75) is 32.9 Å². The summed E-state index contributed by atoms with van der Waals surface area (Å²) in [5.41, 5.74) is 6.93. The summed E-state index contributed by atoms with van der Waals surface area (Å²) in [7, 11) is 0. The molecular formula is C20H25ClFN3O3. The summed E-state index contributed by atoms with van der Waals surface area (Å²) < 4.78 is 18.6. The Hall–Kier alpha value is -2.22. The van der Waals surface area contributed by atoms with Gasteiger partial charge in [0.1, 0.15) is 11.6 Å². The summed E-state index contributed by atoms with van der Waals surface area (Å²) in [5, 5.41) is 11.5. The van der Waals surface area contributed by atoms with Gasteiger partial charge in [-0.3, -0.25) is 15.0 Å². The standard InChI is InChI=1S/C20H24FN3O3.ClH/c1-20(2)13-23(10-9-19(20)22)12-14-3-8-18(17(11-14)24(25)26)27-16-6-4-15(21)5-7-16;/h3-8,11,19H,9-10,12-13,22H2,1-2H3;1H. The number of nitro groups is 1. The Morgan fingerprint density at radius 2 is 1.96 bits per heavy atom. The van der Waals surface area contributed by atoms with Crippen molar-refractivity contribution in [2.24, 2.45) is 11.1 Å². The van der Waals surface area contributed by atoms with Gasteiger partial charge in [0.2, 0.25) is 5.75 Å². The van der Waals surface area contributed by atoms with Crippen molar-refractivity contribution in [3.05, 3.63) is 64.0 Å². The SMILES string of the molecule is CC1(C)CN(Cc2ccc(Oc3ccc(F)cc3)c([N+](=O)[O-])c2)CCC1N.Cl. The minimum absolute atomic E-state index is 0. The van der Waals surface area contributed by atoms with Crippen molar-refractivity contribution in [1.82, 2.24) is 4.90 Å². The fourth-order valence-electron chi connectivity index (χ4n) is 3.40. The quantitative estimate of drug-likeness (QED) is 0.580. The lowest BCUT2D eigenvalue weighted by Crippen LogP contribution is -2.52. The molecule has 0 spiro atoms. The van der Waals surface area contributed by atoms with Crippen LogP contribution in [0, 0.1) is 21.3 Å². The molecule has 152 valence electrons. The summed E-state index contributed by atoms with van der Waals surface area (Å²) in [6.45, 7) is 6.62. The van der Waals surface area contributed by atoms with E-state index in [1.165, 1.54) is 24.3 Å². The Bertz CT molecular complexity index is 830. The second-order valence-corrected chi connectivity index (χ2v) is 7.71. The van der Waals surface area contributed by atoms with E-state index in [-0.39, 0.29) is 35.3 Å². The predicted molar refractivity (Wildman–Crippen MR) is 108 cm³/mol. The molecular weight excluding hydrogens is 385 g/mol. The molecule has 0 saturated carbocycles. The van der Waals surface area contributed by atoms with Gasteiger partial charge in [0.15, 0.2) is 0 Å². The van der Waals surface area contributed by atoms with Crippen molar-refractivity contribution in [2.75, 3.05) is 13.1 Å². The largest absolute Gasteiger partial charge is 0.450 e. The average Bonchev–Trinajstić information content (AvgIpc) is 2.61. The maximum Gasteiger partial charge on any atom is 0.311 e. The zero-order valence-corrected chi connectivity index (χ0v) is 16.7. The first-order valence-electron chi connectivity index (χ1n) is 8.93. The minimum Gasteiger partial charge on any atom is -0.450 e. The third-order valence-corrected chi connectivity index (χ3v) is 5.06. The molecule has 1 saturated heterocycles. The Kier molecular flexibility index (Phi) is 6.98. The topological polar surface area (TPSA) is 81.6 Å². The van der Waals surface area contributed by atoms with Gasteiger partial charge in [-0.1, -0.05) is 19.9 Å². The van der Waals surface area contributed by atoms with Gasteiger partial charge in [-0.2, -0.15) is 0 Å². The summed E-state index contributed by atoms with van der Waals surface area (Å²) >= 11 is 0. The molecule has 2 aromatic rings. The lowest BCUT2D eigenvalue weighted by molar-refractivity contribution is -0.385. The molecule has 1 aliphatic heterocycles. The fraction of sp³-hybridized carbons (Fsp3) is 0.400. The van der Waals surface area contributed by atoms with Crippen molar-refractivity contribution >= 4 is 18.1 Å². The molecule has 0 bridgehead atoms. The molecule has 0 aromatic heterocycles. The van der Waals surface area contributed by atoms with Gasteiger partial charge in [0.25, 0.3) is 0 Å². The summed E-state index contributed by atoms with van der Waals surface area (Å²) in [4.78, 5) is 13.3. The molecule has 2 N–H and O–H groups in total. The van der Waals surface area contributed by atoms with Crippen LogP contribution in [0.2, 0.25) is 0 Å². The van der Waals surface area contributed by atoms with E-state index in [0.29, 0.717) is 12.3 Å². The highest BCUT2D eigenvalue weighted by Gasteiger charge is 2.33. The van der Waals surface area contributed by atoms with Crippen molar-refractivity contribution in [3.63, 3.8) is 0 Å². The van der Waals surface area contributed by atoms with Gasteiger partial charge < -0.3 is 10.5 Å². The van der Waals surface area contributed by atoms with Crippen LogP contribution in [-0.2, 0) is 6.54 Å². The molecule has 1 fully saturated rings. The molecule has 1 unspecified atom stereocenters. The number of nitrogens with two attached hydrogens (primary N) is 1. The van der Waals surface area contributed by atoms with Crippen molar-refractivity contribution in [1.29, 1.82) is 0 Å². The number of rotatable bonds is 5. The highest BCUT2D eigenvalue weighted by atomic mass is 35.5. The van der Waals surface area contributed by atoms with Crippen LogP contribution in [0.25, 0.3) is 0 Å². The minimum atomic E-state index is -0.460. The summed E-state index contributed by atoms with van der Waals surface area (Å²) in [5.74, 6) is 0.0896. The van der Waals surface area contributed by atoms with Gasteiger partial charge in [0.05, 0.1) is 4.92 Å². The molecule has 0 aliphatic carbocycles. The van der Waals surface area contributed by atoms with Gasteiger partial charge in [0, 0.05) is 31.7 Å². The van der Waals surface area contributed by atoms with Crippen LogP contribution in [-0.4, -0.2) is 29.0 Å². The van der Waals surface area contributed by atoms with E-state index in [1.807, 2.05) is 6.07 Å². The van der Waals surface area contributed by atoms with Gasteiger partial charge >= 0.3 is 5.69 Å². The average molecular weight is 410 g/mol. The number of hydrogen-bond acceptors (Lipinski definition) is 5. The Balaban J connectivity index is 0.00000280. The van der Waals surface area contributed by atoms with E-state index in [2.05, 4.69) is 18.7 Å². The molecule has 3 rings (SSSR count). The van der Waals surface area contributed by atoms with E-state index < -0.39 is 10.7 Å². The predicted octanol–water partition coefficient (Wildman–Crippen LogP) is 4.51. The van der Waals surface area contributed by atoms with Crippen LogP contribution >= 0.6 is 12.4 Å². The lowest BCUT2D eigenvalue weighted by Gasteiger charge is -2.42. The maximum absolute atomic E-state index is 13.0. The second kappa shape index (κ2) is 8.86. The first-order chi connectivity index (χ1) is 12.7. The third kappa shape index (κ3) is 5.19. The van der Waals surface area contributed by atoms with Crippen molar-refractivity contribution < 1.29 is 14.1 Å². The number of ether oxygens (including phenoxy) is 1. The third-order valence-electron chi connectivity index (χ3n) is 5.06. The van der Waals surface area contributed by atoms with Crippen LogP contribution in [0.4, 0.5) is 10.1 Å². The number of nitro benzene ring substituents is 1. The van der Waals surface area contributed by atoms with E-state index in [9.17, 15) is 14.5 Å². The first-order valence-corrected chi connectivity index (χ1v) is 8.93. The molecule has 0 radical (unpaired) electrons. The van der Waals surface area contributed by atoms with E-state index in [4.69, 9.17) is 10.5 Å². The van der Waals surface area contributed by atoms with E-state index in [1.54, 1.807) is 12.1 Å². The number of hydrogen-bond donors (Lipinski definition) is 1. The molecule has 2 aromatic carbocycles. The van der Waals surface area contributed by atoms with E-state index in [0.717, 1.165) is 25.1 Å². The van der Waals surface area contributed by atoms with Gasteiger partial charge in [-0.15, -0.1) is 12.4 Å². The fourth-order valence-corrected chi connectivity index (χ4v) is 3.40. The summed E-state index contributed by atoms with van der Waals surface area (Å²) in [6.07, 6.45) is 0.904. The van der Waals surface area contributed by atoms with Crippen LogP contribution in [0.5, 0.6) is 11.5 Å². The van der Waals surface area contributed by atoms with Gasteiger partial charge in [-0.05, 0) is 47.7 Å². The molecule has 28 heavy (non-hydrogen) atoms. The number of likely N-dealkylation sites (tertiary alicyclic amines) is 1. The number of piperidine rings is 1. The smallest absolute Gasteiger partial charge is 0.311 e. The van der Waals surface area contributed by atoms with Crippen LogP contribution < -0.4 is 10.5 Å². The Morgan fingerprint density at radius 3 is 2.57 bits per heavy atom. The molecule has 1 heterocycles. The molecule has 8 heteroatoms. The van der Waals surface area contributed by atoms with Crippen LogP contribution in [0.1, 0.15) is 25.8 Å². The molecule has 6 nitrogen and oxygen atoms in total. The number of benzene rings is 2. The highest BCUT2D eigenvalue weighted by molar-refractivity contribution is 5.85. The lowest BCUT2D eigenvalue weighted by atomic mass is 9.79. The zero-order chi connectivity index (χ0) is 19.6. The zero-order valence-electron chi connectivity index (χ0n) is 15.9. The number of nitrogens with zero attached hydrogens (tertiary/aromatic N) is 2. The van der Waals surface area contributed by atoms with Gasteiger partial charge in [-0.25, -0.2) is 4.39 Å². The maximum atomic E-state index is 13.0. The van der Waals surface area contributed by atoms with E-state index >= 15 is 0 Å². The molecule has 0 amide bonds. The van der Waals surface area contributed by atoms with Crippen LogP contribution in [0.15, 0.2) is 42.5 Å². The summed E-state index contributed by atoms with van der Waals surface area (Å²) in [6, 6.07) is 10.5. The monoisotopic (exact) mass is 409 g/mol.